The summed E-state index contributed by atoms with van der Waals surface area (Å²) in [5.41, 5.74) is 0.581. The van der Waals surface area contributed by atoms with Gasteiger partial charge in [0.2, 0.25) is 5.91 Å². The molecule has 0 aliphatic heterocycles. The van der Waals surface area contributed by atoms with Crippen molar-refractivity contribution in [3.05, 3.63) is 22.7 Å². The van der Waals surface area contributed by atoms with E-state index in [1.807, 2.05) is 0 Å². The third kappa shape index (κ3) is 4.37. The average molecular weight is 316 g/mol. The smallest absolute Gasteiger partial charge is 0.315 e. The van der Waals surface area contributed by atoms with Crippen molar-refractivity contribution in [3.8, 4) is 5.75 Å². The Morgan fingerprint density at radius 2 is 2.11 bits per heavy atom. The van der Waals surface area contributed by atoms with E-state index in [0.29, 0.717) is 11.4 Å². The van der Waals surface area contributed by atoms with Gasteiger partial charge < -0.3 is 14.8 Å². The first-order valence-corrected chi connectivity index (χ1v) is 6.15. The fraction of sp³-hybridized carbons (Fsp3) is 0.333. The monoisotopic (exact) mass is 315 g/mol. The Labute approximate surface area is 114 Å². The van der Waals surface area contributed by atoms with Crippen molar-refractivity contribution in [2.24, 2.45) is 0 Å². The van der Waals surface area contributed by atoms with Gasteiger partial charge in [-0.2, -0.15) is 0 Å². The van der Waals surface area contributed by atoms with Crippen molar-refractivity contribution >= 4 is 33.5 Å². The highest BCUT2D eigenvalue weighted by Crippen LogP contribution is 2.27. The molecule has 0 aliphatic rings. The normalized spacial score (nSPS) is 9.72. The molecule has 0 spiro atoms. The zero-order chi connectivity index (χ0) is 13.5. The molecule has 0 saturated heterocycles. The molecule has 0 radical (unpaired) electrons. The summed E-state index contributed by atoms with van der Waals surface area (Å²) < 4.78 is 10.5. The van der Waals surface area contributed by atoms with Crippen molar-refractivity contribution in [2.75, 3.05) is 19.0 Å². The molecule has 6 heteroatoms. The van der Waals surface area contributed by atoms with E-state index in [1.54, 1.807) is 32.2 Å². The van der Waals surface area contributed by atoms with Gasteiger partial charge in [-0.15, -0.1) is 0 Å². The van der Waals surface area contributed by atoms with Crippen LogP contribution in [0, 0.1) is 0 Å². The number of anilines is 1. The molecular weight excluding hydrogens is 302 g/mol. The average Bonchev–Trinajstić information content (AvgIpc) is 2.29. The van der Waals surface area contributed by atoms with E-state index in [2.05, 4.69) is 26.0 Å². The zero-order valence-electron chi connectivity index (χ0n) is 10.2. The van der Waals surface area contributed by atoms with Crippen LogP contribution in [0.25, 0.3) is 0 Å². The molecule has 18 heavy (non-hydrogen) atoms. The highest BCUT2D eigenvalue weighted by atomic mass is 79.9. The van der Waals surface area contributed by atoms with Gasteiger partial charge in [0.25, 0.3) is 0 Å². The van der Waals surface area contributed by atoms with E-state index in [-0.39, 0.29) is 13.0 Å². The van der Waals surface area contributed by atoms with Crippen molar-refractivity contribution in [1.82, 2.24) is 0 Å². The van der Waals surface area contributed by atoms with Crippen LogP contribution >= 0.6 is 15.9 Å². The maximum Gasteiger partial charge on any atom is 0.315 e. The standard InChI is InChI=1S/C12H14BrNO4/c1-3-18-12(16)7-11(15)14-8-4-5-10(17-2)9(13)6-8/h4-6H,3,7H2,1-2H3,(H,14,15). The van der Waals surface area contributed by atoms with Crippen LogP contribution in [0.3, 0.4) is 0 Å². The molecule has 0 fully saturated rings. The second kappa shape index (κ2) is 7.00. The second-order valence-corrected chi connectivity index (χ2v) is 4.23. The van der Waals surface area contributed by atoms with Crippen molar-refractivity contribution in [3.63, 3.8) is 0 Å². The number of halogens is 1. The van der Waals surface area contributed by atoms with Gasteiger partial charge >= 0.3 is 5.97 Å². The molecule has 0 aliphatic carbocycles. The minimum absolute atomic E-state index is 0.264. The van der Waals surface area contributed by atoms with Gasteiger partial charge in [0.1, 0.15) is 12.2 Å². The van der Waals surface area contributed by atoms with Crippen LogP contribution < -0.4 is 10.1 Å². The number of carbonyl (C=O) groups is 2. The maximum absolute atomic E-state index is 11.5. The van der Waals surface area contributed by atoms with Crippen LogP contribution in [0.2, 0.25) is 0 Å². The lowest BCUT2D eigenvalue weighted by Crippen LogP contribution is -2.18. The summed E-state index contributed by atoms with van der Waals surface area (Å²) in [5.74, 6) is -0.286. The highest BCUT2D eigenvalue weighted by molar-refractivity contribution is 9.10. The molecule has 98 valence electrons. The Morgan fingerprint density at radius 1 is 1.39 bits per heavy atom. The first-order valence-electron chi connectivity index (χ1n) is 5.35. The van der Waals surface area contributed by atoms with Crippen LogP contribution in [0.15, 0.2) is 22.7 Å². The lowest BCUT2D eigenvalue weighted by atomic mass is 10.3. The first-order chi connectivity index (χ1) is 8.56. The van der Waals surface area contributed by atoms with E-state index >= 15 is 0 Å². The van der Waals surface area contributed by atoms with Crippen LogP contribution in [0.1, 0.15) is 13.3 Å². The van der Waals surface area contributed by atoms with Crippen molar-refractivity contribution in [2.45, 2.75) is 13.3 Å². The maximum atomic E-state index is 11.5. The third-order valence-electron chi connectivity index (χ3n) is 2.05. The van der Waals surface area contributed by atoms with Crippen molar-refractivity contribution in [1.29, 1.82) is 0 Å². The second-order valence-electron chi connectivity index (χ2n) is 3.38. The lowest BCUT2D eigenvalue weighted by Gasteiger charge is -2.08. The third-order valence-corrected chi connectivity index (χ3v) is 2.67. The predicted molar refractivity (Wildman–Crippen MR) is 70.6 cm³/mol. The van der Waals surface area contributed by atoms with Gasteiger partial charge in [0.15, 0.2) is 0 Å². The van der Waals surface area contributed by atoms with E-state index in [0.717, 1.165) is 4.47 Å². The first kappa shape index (κ1) is 14.5. The van der Waals surface area contributed by atoms with E-state index < -0.39 is 11.9 Å². The van der Waals surface area contributed by atoms with Crippen LogP contribution in [0.4, 0.5) is 5.69 Å². The number of amides is 1. The number of benzene rings is 1. The Hall–Kier alpha value is -1.56. The molecule has 5 nitrogen and oxygen atoms in total. The number of nitrogens with one attached hydrogen (secondary N) is 1. The minimum atomic E-state index is -0.539. The summed E-state index contributed by atoms with van der Waals surface area (Å²) >= 11 is 3.31. The molecule has 0 heterocycles. The summed E-state index contributed by atoms with van der Waals surface area (Å²) in [6.45, 7) is 1.95. The fourth-order valence-electron chi connectivity index (χ4n) is 1.29. The minimum Gasteiger partial charge on any atom is -0.496 e. The van der Waals surface area contributed by atoms with Crippen LogP contribution in [-0.4, -0.2) is 25.6 Å². The number of ether oxygens (including phenoxy) is 2. The molecule has 1 aromatic carbocycles. The molecule has 0 atom stereocenters. The Morgan fingerprint density at radius 3 is 2.67 bits per heavy atom. The topological polar surface area (TPSA) is 64.6 Å². The Kier molecular flexibility index (Phi) is 5.64. The molecular formula is C12H14BrNO4. The van der Waals surface area contributed by atoms with Gasteiger partial charge in [-0.1, -0.05) is 0 Å². The molecule has 1 rings (SSSR count). The quantitative estimate of drug-likeness (QED) is 0.669. The summed E-state index contributed by atoms with van der Waals surface area (Å²) in [7, 11) is 1.55. The number of carbonyl (C=O) groups excluding carboxylic acids is 2. The number of hydrogen-bond donors (Lipinski definition) is 1. The molecule has 1 aromatic rings. The van der Waals surface area contributed by atoms with E-state index in [4.69, 9.17) is 4.74 Å². The number of rotatable bonds is 5. The van der Waals surface area contributed by atoms with Gasteiger partial charge in [-0.05, 0) is 41.1 Å². The lowest BCUT2D eigenvalue weighted by molar-refractivity contribution is -0.145. The molecule has 0 bridgehead atoms. The van der Waals surface area contributed by atoms with Gasteiger partial charge in [0.05, 0.1) is 18.2 Å². The van der Waals surface area contributed by atoms with Gasteiger partial charge in [0, 0.05) is 5.69 Å². The fourth-order valence-corrected chi connectivity index (χ4v) is 1.83. The molecule has 1 N–H and O–H groups in total. The number of hydrogen-bond acceptors (Lipinski definition) is 4. The number of methoxy groups -OCH3 is 1. The summed E-state index contributed by atoms with van der Waals surface area (Å²) in [5, 5.41) is 2.60. The van der Waals surface area contributed by atoms with Gasteiger partial charge in [-0.25, -0.2) is 0 Å². The van der Waals surface area contributed by atoms with Crippen LogP contribution in [-0.2, 0) is 14.3 Å². The Bertz CT molecular complexity index is 448. The van der Waals surface area contributed by atoms with E-state index in [1.165, 1.54) is 0 Å². The van der Waals surface area contributed by atoms with Gasteiger partial charge in [-0.3, -0.25) is 9.59 Å². The molecule has 0 aromatic heterocycles. The van der Waals surface area contributed by atoms with E-state index in [9.17, 15) is 9.59 Å². The molecule has 1 amide bonds. The zero-order valence-corrected chi connectivity index (χ0v) is 11.7. The summed E-state index contributed by atoms with van der Waals surface area (Å²) in [4.78, 5) is 22.6. The largest absolute Gasteiger partial charge is 0.496 e. The molecule has 0 unspecified atom stereocenters. The molecule has 0 saturated carbocycles. The summed E-state index contributed by atoms with van der Waals surface area (Å²) in [6.07, 6.45) is -0.294. The van der Waals surface area contributed by atoms with Crippen molar-refractivity contribution < 1.29 is 19.1 Å². The SMILES string of the molecule is CCOC(=O)CC(=O)Nc1ccc(OC)c(Br)c1. The Balaban J connectivity index is 2.59. The van der Waals surface area contributed by atoms with Crippen LogP contribution in [0.5, 0.6) is 5.75 Å². The highest BCUT2D eigenvalue weighted by Gasteiger charge is 2.11. The summed E-state index contributed by atoms with van der Waals surface area (Å²) in [6, 6.07) is 5.10. The predicted octanol–water partition coefficient (Wildman–Crippen LogP) is 2.35. The number of esters is 1.